The number of hydrogen-bond acceptors (Lipinski definition) is 2. The molecule has 1 unspecified atom stereocenters. The van der Waals surface area contributed by atoms with Crippen molar-refractivity contribution in [1.82, 2.24) is 0 Å². The Morgan fingerprint density at radius 3 is 2.50 bits per heavy atom. The summed E-state index contributed by atoms with van der Waals surface area (Å²) in [4.78, 5) is 0. The number of rotatable bonds is 2. The Bertz CT molecular complexity index is 591. The monoisotopic (exact) mass is 329 g/mol. The van der Waals surface area contributed by atoms with Gasteiger partial charge in [-0.15, -0.1) is 0 Å². The maximum Gasteiger partial charge on any atom is 0.149 e. The number of hydrogen-bond donors (Lipinski definition) is 2. The van der Waals surface area contributed by atoms with Gasteiger partial charge in [0.25, 0.3) is 0 Å². The standard InChI is InChI=1S/C13H10BrClFNO/c14-9-6-5-8(12(16)11(9)15)13(18)7-3-1-2-4-10(7)17/h1-6,13,18H,17H2. The van der Waals surface area contributed by atoms with Crippen LogP contribution in [-0.2, 0) is 0 Å². The number of para-hydroxylation sites is 1. The molecule has 0 saturated carbocycles. The predicted octanol–water partition coefficient (Wildman–Crippen LogP) is 3.91. The molecule has 2 aromatic rings. The second-order valence-electron chi connectivity index (χ2n) is 3.80. The molecule has 0 heterocycles. The van der Waals surface area contributed by atoms with Gasteiger partial charge in [-0.05, 0) is 28.1 Å². The van der Waals surface area contributed by atoms with Crippen LogP contribution in [0, 0.1) is 5.82 Å². The van der Waals surface area contributed by atoms with Gasteiger partial charge in [-0.25, -0.2) is 4.39 Å². The number of nitrogen functional groups attached to an aromatic ring is 1. The molecule has 0 aliphatic heterocycles. The molecule has 0 aromatic heterocycles. The van der Waals surface area contributed by atoms with E-state index < -0.39 is 11.9 Å². The molecular weight excluding hydrogens is 321 g/mol. The van der Waals surface area contributed by atoms with Crippen molar-refractivity contribution in [1.29, 1.82) is 0 Å². The zero-order valence-corrected chi connectivity index (χ0v) is 11.5. The fourth-order valence-corrected chi connectivity index (χ4v) is 2.16. The van der Waals surface area contributed by atoms with Crippen molar-refractivity contribution in [3.63, 3.8) is 0 Å². The van der Waals surface area contributed by atoms with Gasteiger partial charge < -0.3 is 10.8 Å². The Labute approximate surface area is 117 Å². The fourth-order valence-electron chi connectivity index (χ4n) is 1.68. The first-order valence-electron chi connectivity index (χ1n) is 5.18. The lowest BCUT2D eigenvalue weighted by Gasteiger charge is -2.15. The third-order valence-corrected chi connectivity index (χ3v) is 3.91. The molecule has 0 radical (unpaired) electrons. The Morgan fingerprint density at radius 2 is 1.83 bits per heavy atom. The van der Waals surface area contributed by atoms with Crippen molar-refractivity contribution in [2.75, 3.05) is 5.73 Å². The van der Waals surface area contributed by atoms with Gasteiger partial charge in [-0.3, -0.25) is 0 Å². The molecular formula is C13H10BrClFNO. The summed E-state index contributed by atoms with van der Waals surface area (Å²) in [7, 11) is 0. The highest BCUT2D eigenvalue weighted by Crippen LogP contribution is 2.34. The van der Waals surface area contributed by atoms with Crippen LogP contribution in [0.4, 0.5) is 10.1 Å². The molecule has 18 heavy (non-hydrogen) atoms. The third-order valence-electron chi connectivity index (χ3n) is 2.65. The molecule has 1 atom stereocenters. The molecule has 0 aliphatic rings. The van der Waals surface area contributed by atoms with E-state index in [9.17, 15) is 9.50 Å². The van der Waals surface area contributed by atoms with Gasteiger partial charge in [-0.1, -0.05) is 35.9 Å². The van der Waals surface area contributed by atoms with Crippen LogP contribution in [0.15, 0.2) is 40.9 Å². The summed E-state index contributed by atoms with van der Waals surface area (Å²) >= 11 is 8.91. The van der Waals surface area contributed by atoms with Gasteiger partial charge in [0.1, 0.15) is 11.9 Å². The Balaban J connectivity index is 2.50. The van der Waals surface area contributed by atoms with Crippen molar-refractivity contribution in [2.24, 2.45) is 0 Å². The molecule has 0 saturated heterocycles. The number of anilines is 1. The van der Waals surface area contributed by atoms with Crippen LogP contribution in [0.2, 0.25) is 5.02 Å². The van der Waals surface area contributed by atoms with Crippen LogP contribution in [0.5, 0.6) is 0 Å². The van der Waals surface area contributed by atoms with Crippen molar-refractivity contribution in [3.8, 4) is 0 Å². The molecule has 94 valence electrons. The molecule has 2 nitrogen and oxygen atoms in total. The van der Waals surface area contributed by atoms with E-state index in [1.54, 1.807) is 30.3 Å². The number of aliphatic hydroxyl groups excluding tert-OH is 1. The minimum atomic E-state index is -1.14. The molecule has 0 amide bonds. The normalized spacial score (nSPS) is 12.4. The van der Waals surface area contributed by atoms with Crippen LogP contribution < -0.4 is 5.73 Å². The van der Waals surface area contributed by atoms with Crippen molar-refractivity contribution in [3.05, 3.63) is 62.8 Å². The molecule has 5 heteroatoms. The van der Waals surface area contributed by atoms with E-state index in [1.807, 2.05) is 0 Å². The average molecular weight is 331 g/mol. The van der Waals surface area contributed by atoms with Gasteiger partial charge in [0, 0.05) is 21.3 Å². The van der Waals surface area contributed by atoms with Gasteiger partial charge in [0.05, 0.1) is 5.02 Å². The van der Waals surface area contributed by atoms with E-state index in [0.717, 1.165) is 0 Å². The van der Waals surface area contributed by atoms with Crippen LogP contribution >= 0.6 is 27.5 Å². The van der Waals surface area contributed by atoms with E-state index in [4.69, 9.17) is 17.3 Å². The van der Waals surface area contributed by atoms with E-state index >= 15 is 0 Å². The topological polar surface area (TPSA) is 46.2 Å². The lowest BCUT2D eigenvalue weighted by molar-refractivity contribution is 0.215. The second-order valence-corrected chi connectivity index (χ2v) is 5.03. The maximum atomic E-state index is 14.0. The van der Waals surface area contributed by atoms with Gasteiger partial charge in [0.2, 0.25) is 0 Å². The molecule has 0 bridgehead atoms. The zero-order valence-electron chi connectivity index (χ0n) is 9.20. The average Bonchev–Trinajstić information content (AvgIpc) is 2.36. The summed E-state index contributed by atoms with van der Waals surface area (Å²) in [5.41, 5.74) is 6.71. The molecule has 0 fully saturated rings. The summed E-state index contributed by atoms with van der Waals surface area (Å²) in [6, 6.07) is 9.83. The van der Waals surface area contributed by atoms with Gasteiger partial charge >= 0.3 is 0 Å². The Hall–Kier alpha value is -1.10. The van der Waals surface area contributed by atoms with Crippen molar-refractivity contribution >= 4 is 33.2 Å². The van der Waals surface area contributed by atoms with Crippen molar-refractivity contribution in [2.45, 2.75) is 6.10 Å². The van der Waals surface area contributed by atoms with Gasteiger partial charge in [0.15, 0.2) is 0 Å². The van der Waals surface area contributed by atoms with E-state index in [1.165, 1.54) is 6.07 Å². The van der Waals surface area contributed by atoms with Gasteiger partial charge in [-0.2, -0.15) is 0 Å². The highest BCUT2D eigenvalue weighted by molar-refractivity contribution is 9.10. The summed E-state index contributed by atoms with van der Waals surface area (Å²) in [6.45, 7) is 0. The second kappa shape index (κ2) is 5.26. The molecule has 0 aliphatic carbocycles. The molecule has 2 rings (SSSR count). The summed E-state index contributed by atoms with van der Waals surface area (Å²) < 4.78 is 14.4. The number of aliphatic hydroxyl groups is 1. The quantitative estimate of drug-likeness (QED) is 0.648. The first-order valence-corrected chi connectivity index (χ1v) is 6.35. The van der Waals surface area contributed by atoms with E-state index in [0.29, 0.717) is 15.7 Å². The lowest BCUT2D eigenvalue weighted by Crippen LogP contribution is -2.06. The Morgan fingerprint density at radius 1 is 1.17 bits per heavy atom. The van der Waals surface area contributed by atoms with E-state index in [-0.39, 0.29) is 10.6 Å². The summed E-state index contributed by atoms with van der Waals surface area (Å²) in [5, 5.41) is 10.1. The largest absolute Gasteiger partial charge is 0.398 e. The zero-order chi connectivity index (χ0) is 13.3. The maximum absolute atomic E-state index is 14.0. The fraction of sp³-hybridized carbons (Fsp3) is 0.0769. The first-order chi connectivity index (χ1) is 8.52. The summed E-state index contributed by atoms with van der Waals surface area (Å²) in [5.74, 6) is -0.651. The van der Waals surface area contributed by atoms with Crippen LogP contribution in [-0.4, -0.2) is 5.11 Å². The minimum absolute atomic E-state index is 0.0546. The van der Waals surface area contributed by atoms with E-state index in [2.05, 4.69) is 15.9 Å². The minimum Gasteiger partial charge on any atom is -0.398 e. The first kappa shape index (κ1) is 13.3. The number of nitrogens with two attached hydrogens (primary N) is 1. The number of benzene rings is 2. The number of halogens is 3. The highest BCUT2D eigenvalue weighted by Gasteiger charge is 2.19. The van der Waals surface area contributed by atoms with Crippen LogP contribution in [0.3, 0.4) is 0 Å². The molecule has 2 aromatic carbocycles. The molecule has 3 N–H and O–H groups in total. The van der Waals surface area contributed by atoms with Crippen LogP contribution in [0.25, 0.3) is 0 Å². The smallest absolute Gasteiger partial charge is 0.149 e. The Kier molecular flexibility index (Phi) is 3.90. The summed E-state index contributed by atoms with van der Waals surface area (Å²) in [6.07, 6.45) is -1.14. The predicted molar refractivity (Wildman–Crippen MR) is 74.0 cm³/mol. The molecule has 0 spiro atoms. The third kappa shape index (κ3) is 2.36. The lowest BCUT2D eigenvalue weighted by atomic mass is 10.00. The van der Waals surface area contributed by atoms with Crippen LogP contribution in [0.1, 0.15) is 17.2 Å². The van der Waals surface area contributed by atoms with Crippen molar-refractivity contribution < 1.29 is 9.50 Å². The SMILES string of the molecule is Nc1ccccc1C(O)c1ccc(Br)c(Cl)c1F. The highest BCUT2D eigenvalue weighted by atomic mass is 79.9.